The first-order valence-electron chi connectivity index (χ1n) is 13.6. The van der Waals surface area contributed by atoms with Crippen molar-refractivity contribution in [3.05, 3.63) is 177 Å². The molecule has 0 bridgehead atoms. The van der Waals surface area contributed by atoms with E-state index in [2.05, 4.69) is 19.6 Å². The topological polar surface area (TPSA) is 52.8 Å². The molecule has 0 unspecified atom stereocenters. The molecule has 3 aromatic carbocycles. The van der Waals surface area contributed by atoms with Crippen LogP contribution in [0.4, 0.5) is 0 Å². The number of hydrogen-bond donors (Lipinski definition) is 1. The van der Waals surface area contributed by atoms with E-state index in [1.54, 1.807) is 0 Å². The van der Waals surface area contributed by atoms with Crippen molar-refractivity contribution in [3.8, 4) is 0 Å². The fourth-order valence-electron chi connectivity index (χ4n) is 4.45. The molecule has 3 aliphatic rings. The zero-order valence-electron chi connectivity index (χ0n) is 23.9. The first kappa shape index (κ1) is 34.1. The molecule has 207 valence electrons. The van der Waals surface area contributed by atoms with Crippen LogP contribution in [0, 0.1) is 64.2 Å². The van der Waals surface area contributed by atoms with Crippen molar-refractivity contribution < 1.29 is 40.8 Å². The summed E-state index contributed by atoms with van der Waals surface area (Å²) in [6, 6.07) is 29.0. The van der Waals surface area contributed by atoms with Gasteiger partial charge >= 0.3 is 26.2 Å². The summed E-state index contributed by atoms with van der Waals surface area (Å²) >= 11 is 0. The third-order valence-electron chi connectivity index (χ3n) is 6.21. The number of rotatable bonds is 6. The second-order valence-corrected chi connectivity index (χ2v) is 15.2. The minimum absolute atomic E-state index is 0. The Morgan fingerprint density at radius 2 is 0.902 bits per heavy atom. The molecule has 0 amide bonds. The van der Waals surface area contributed by atoms with Crippen molar-refractivity contribution in [1.82, 2.24) is 0 Å². The molecule has 2 aliphatic carbocycles. The molecule has 3 atom stereocenters. The third kappa shape index (κ3) is 10.7. The number of aliphatic hydroxyl groups is 1. The molecule has 6 heteroatoms. The quantitative estimate of drug-likeness (QED) is 0.277. The Bertz CT molecular complexity index is 1030. The Kier molecular flexibility index (Phi) is 14.2. The fourth-order valence-corrected chi connectivity index (χ4v) is 5.53. The monoisotopic (exact) mass is 638 g/mol. The minimum Gasteiger partial charge on any atom is -0.652 e. The van der Waals surface area contributed by atoms with Crippen molar-refractivity contribution >= 4 is 8.24 Å². The first-order valence-corrected chi connectivity index (χ1v) is 17.1. The largest absolute Gasteiger partial charge is 3.00 e. The van der Waals surface area contributed by atoms with Crippen LogP contribution in [0.3, 0.4) is 0 Å². The molecular formula is C35H38NO3SiZr+2. The summed E-state index contributed by atoms with van der Waals surface area (Å²) in [4.78, 5) is 5.03. The van der Waals surface area contributed by atoms with Gasteiger partial charge < -0.3 is 19.6 Å². The van der Waals surface area contributed by atoms with Crippen molar-refractivity contribution in [3.63, 3.8) is 0 Å². The summed E-state index contributed by atoms with van der Waals surface area (Å²) in [6.07, 6.45) is 19.1. The molecule has 1 N–H and O–H groups in total. The molecule has 1 heterocycles. The predicted octanol–water partition coefficient (Wildman–Crippen LogP) is 8.15. The Morgan fingerprint density at radius 1 is 0.585 bits per heavy atom. The van der Waals surface area contributed by atoms with Crippen molar-refractivity contribution in [2.45, 2.75) is 43.9 Å². The van der Waals surface area contributed by atoms with Crippen LogP contribution in [0.25, 0.3) is 4.98 Å². The summed E-state index contributed by atoms with van der Waals surface area (Å²) in [7, 11) is -1.92. The zero-order valence-corrected chi connectivity index (χ0v) is 27.3. The first-order chi connectivity index (χ1) is 19.4. The van der Waals surface area contributed by atoms with E-state index in [0.29, 0.717) is 0 Å². The Morgan fingerprint density at radius 3 is 1.22 bits per heavy atom. The molecule has 3 fully saturated rings. The van der Waals surface area contributed by atoms with Crippen LogP contribution < -0.4 is 0 Å². The molecule has 41 heavy (non-hydrogen) atoms. The van der Waals surface area contributed by atoms with Crippen LogP contribution >= 0.6 is 0 Å². The van der Waals surface area contributed by atoms with Gasteiger partial charge in [-0.15, -0.1) is 0 Å². The molecule has 4 nitrogen and oxygen atoms in total. The number of benzene rings is 3. The average Bonchev–Trinajstić information content (AvgIpc) is 3.78. The van der Waals surface area contributed by atoms with Gasteiger partial charge in [0.05, 0.1) is 0 Å². The predicted molar refractivity (Wildman–Crippen MR) is 164 cm³/mol. The van der Waals surface area contributed by atoms with Gasteiger partial charge in [0.15, 0.2) is 0 Å². The Balaban J connectivity index is 0.000000352. The summed E-state index contributed by atoms with van der Waals surface area (Å²) < 4.78 is 12.7. The van der Waals surface area contributed by atoms with Crippen LogP contribution in [-0.2, 0) is 35.7 Å². The summed E-state index contributed by atoms with van der Waals surface area (Å²) in [6.45, 7) is 6.43. The van der Waals surface area contributed by atoms with Gasteiger partial charge in [-0.05, 0) is 81.4 Å². The van der Waals surface area contributed by atoms with Gasteiger partial charge in [-0.1, -0.05) is 124 Å². The Labute approximate surface area is 268 Å². The van der Waals surface area contributed by atoms with Gasteiger partial charge in [0.2, 0.25) is 0 Å². The van der Waals surface area contributed by atoms with Crippen LogP contribution in [0.2, 0.25) is 19.6 Å². The number of hydrogen-bond acceptors (Lipinski definition) is 3. The summed E-state index contributed by atoms with van der Waals surface area (Å²) in [5, 5.41) is 11.7. The van der Waals surface area contributed by atoms with E-state index < -0.39 is 32.5 Å². The van der Waals surface area contributed by atoms with Crippen molar-refractivity contribution in [2.75, 3.05) is 0 Å². The molecule has 0 spiro atoms. The molecule has 11 radical (unpaired) electrons. The van der Waals surface area contributed by atoms with E-state index in [1.165, 1.54) is 0 Å². The standard InChI is InChI=1S/C25H28NO3Si.2C5H5.Zr/c1-30(2,3)26-24(21-17-11-6-12-18-21)25(27)28-22(19-13-7-4-8-14-19)23(29-25)20-15-9-5-10-16-20;2*1-2-4-5-3-1;/h4-18,22-24,27H,1-3H3;2*1-5H;/q-1;;;+3/t22-,23-,24-;;;/m1.../s1. The smallest absolute Gasteiger partial charge is 0.652 e. The molecule has 1 aliphatic heterocycles. The fraction of sp³-hybridized carbons (Fsp3) is 0.200. The maximum absolute atomic E-state index is 11.7. The van der Waals surface area contributed by atoms with Gasteiger partial charge in [-0.25, -0.2) is 0 Å². The average molecular weight is 640 g/mol. The van der Waals surface area contributed by atoms with Gasteiger partial charge in [-0.2, -0.15) is 0 Å². The van der Waals surface area contributed by atoms with Crippen molar-refractivity contribution in [2.24, 2.45) is 0 Å². The van der Waals surface area contributed by atoms with E-state index >= 15 is 0 Å². The number of ether oxygens (including phenoxy) is 2. The van der Waals surface area contributed by atoms with Crippen molar-refractivity contribution in [1.29, 1.82) is 0 Å². The number of nitrogens with zero attached hydrogens (tertiary/aromatic N) is 1. The molecule has 2 saturated carbocycles. The summed E-state index contributed by atoms with van der Waals surface area (Å²) in [5.74, 6) is -1.86. The van der Waals surface area contributed by atoms with Crippen LogP contribution in [0.15, 0.2) is 91.0 Å². The van der Waals surface area contributed by atoms with Gasteiger partial charge in [0.25, 0.3) is 5.97 Å². The Hall–Kier alpha value is -1.40. The maximum Gasteiger partial charge on any atom is 3.00 e. The molecule has 0 aromatic heterocycles. The van der Waals surface area contributed by atoms with E-state index in [-0.39, 0.29) is 26.2 Å². The van der Waals surface area contributed by atoms with Gasteiger partial charge in [0, 0.05) is 0 Å². The van der Waals surface area contributed by atoms with Gasteiger partial charge in [0.1, 0.15) is 12.2 Å². The van der Waals surface area contributed by atoms with Crippen LogP contribution in [0.5, 0.6) is 0 Å². The zero-order chi connectivity index (χ0) is 28.3. The van der Waals surface area contributed by atoms with Gasteiger partial charge in [-0.3, -0.25) is 0 Å². The van der Waals surface area contributed by atoms with E-state index in [9.17, 15) is 5.11 Å². The minimum atomic E-state index is -1.92. The second-order valence-electron chi connectivity index (χ2n) is 10.6. The summed E-state index contributed by atoms with van der Waals surface area (Å²) in [5.41, 5.74) is 2.80. The molecule has 1 saturated heterocycles. The normalized spacial score (nSPS) is 22.0. The second kappa shape index (κ2) is 17.0. The molecule has 6 rings (SSSR count). The van der Waals surface area contributed by atoms with E-state index in [0.717, 1.165) is 16.7 Å². The van der Waals surface area contributed by atoms with E-state index in [4.69, 9.17) is 14.5 Å². The molecular weight excluding hydrogens is 602 g/mol. The maximum atomic E-state index is 11.7. The van der Waals surface area contributed by atoms with E-state index in [1.807, 2.05) is 155 Å². The molecule has 3 aromatic rings. The van der Waals surface area contributed by atoms with Crippen LogP contribution in [-0.4, -0.2) is 19.3 Å². The SMILES string of the molecule is C[Si](C)(C)[N-][C@H](c1ccccc1)C1(O)O[C@H](c2ccccc2)[C@@H](c2ccccc2)O1.[CH]1[CH][CH][CH][CH]1.[CH]1[CH][CH][CH][CH]1.[Zr+3]. The van der Waals surface area contributed by atoms with Crippen LogP contribution in [0.1, 0.15) is 34.9 Å². The third-order valence-corrected chi connectivity index (χ3v) is 7.24.